The first-order valence-corrected chi connectivity index (χ1v) is 8.67. The van der Waals surface area contributed by atoms with Crippen molar-refractivity contribution in [2.45, 2.75) is 26.5 Å². The summed E-state index contributed by atoms with van der Waals surface area (Å²) in [7, 11) is 0. The number of nitrogens with zero attached hydrogens (tertiary/aromatic N) is 2. The van der Waals surface area contributed by atoms with Crippen LogP contribution in [0.1, 0.15) is 23.7 Å². The van der Waals surface area contributed by atoms with Crippen molar-refractivity contribution in [3.8, 4) is 17.3 Å². The molecule has 0 fully saturated rings. The first-order valence-electron chi connectivity index (χ1n) is 8.67. The topological polar surface area (TPSA) is 48.3 Å². The predicted molar refractivity (Wildman–Crippen MR) is 99.8 cm³/mol. The summed E-state index contributed by atoms with van der Waals surface area (Å²) < 4.78 is 14.4. The van der Waals surface area contributed by atoms with Crippen molar-refractivity contribution in [2.75, 3.05) is 5.32 Å². The van der Waals surface area contributed by atoms with Gasteiger partial charge in [0.05, 0.1) is 17.1 Å². The lowest BCUT2D eigenvalue weighted by Gasteiger charge is -2.31. The summed E-state index contributed by atoms with van der Waals surface area (Å²) in [5.41, 5.74) is 4.00. The third-order valence-electron chi connectivity index (χ3n) is 4.85. The molecule has 0 saturated carbocycles. The number of aromatic nitrogens is 2. The Hall–Kier alpha value is -3.21. The van der Waals surface area contributed by atoms with Crippen LogP contribution in [0.15, 0.2) is 60.4 Å². The quantitative estimate of drug-likeness (QED) is 0.708. The standard InChI is InChI=1S/C21H19N3O2/c1-13-8-7-11-17-19(13)26-21(22-17)12-14(2)25-20-18(21)15(3)23-24(20)16-9-5-4-6-10-16/h4-12,22H,1-3H3/t21-/m0/s1. The van der Waals surface area contributed by atoms with E-state index in [1.54, 1.807) is 0 Å². The van der Waals surface area contributed by atoms with Gasteiger partial charge in [-0.25, -0.2) is 4.68 Å². The second kappa shape index (κ2) is 5.14. The third-order valence-corrected chi connectivity index (χ3v) is 4.85. The van der Waals surface area contributed by atoms with Crippen LogP contribution in [0.4, 0.5) is 5.69 Å². The van der Waals surface area contributed by atoms with Crippen molar-refractivity contribution in [1.82, 2.24) is 9.78 Å². The zero-order valence-corrected chi connectivity index (χ0v) is 14.9. The van der Waals surface area contributed by atoms with Gasteiger partial charge in [-0.2, -0.15) is 5.10 Å². The van der Waals surface area contributed by atoms with Gasteiger partial charge in [0.1, 0.15) is 17.1 Å². The minimum Gasteiger partial charge on any atom is -0.457 e. The minimum absolute atomic E-state index is 0.687. The van der Waals surface area contributed by atoms with E-state index < -0.39 is 5.72 Å². The van der Waals surface area contributed by atoms with E-state index in [1.165, 1.54) is 0 Å². The van der Waals surface area contributed by atoms with Crippen molar-refractivity contribution in [3.05, 3.63) is 77.2 Å². The van der Waals surface area contributed by atoms with Gasteiger partial charge < -0.3 is 14.8 Å². The molecule has 3 aromatic rings. The molecule has 2 aromatic carbocycles. The molecule has 26 heavy (non-hydrogen) atoms. The molecule has 1 spiro atoms. The van der Waals surface area contributed by atoms with Crippen LogP contribution in [0.25, 0.3) is 5.69 Å². The number of nitrogens with one attached hydrogen (secondary N) is 1. The molecule has 1 N–H and O–H groups in total. The molecule has 2 aliphatic rings. The number of rotatable bonds is 1. The van der Waals surface area contributed by atoms with Crippen LogP contribution in [0, 0.1) is 13.8 Å². The largest absolute Gasteiger partial charge is 0.457 e. The molecule has 0 radical (unpaired) electrons. The summed E-state index contributed by atoms with van der Waals surface area (Å²) >= 11 is 0. The summed E-state index contributed by atoms with van der Waals surface area (Å²) in [6.45, 7) is 5.97. The Morgan fingerprint density at radius 3 is 2.58 bits per heavy atom. The highest BCUT2D eigenvalue weighted by atomic mass is 16.5. The number of allylic oxidation sites excluding steroid dienone is 1. The number of benzene rings is 2. The maximum absolute atomic E-state index is 6.47. The molecule has 0 saturated heterocycles. The van der Waals surface area contributed by atoms with E-state index in [-0.39, 0.29) is 0 Å². The SMILES string of the molecule is CC1=C[C@@]2(Nc3cccc(C)c3O2)c2c(C)nn(-c3ccccc3)c2O1. The van der Waals surface area contributed by atoms with Crippen LogP contribution in [-0.2, 0) is 5.72 Å². The summed E-state index contributed by atoms with van der Waals surface area (Å²) in [6.07, 6.45) is 1.98. The molecule has 5 rings (SSSR count). The number of hydrogen-bond donors (Lipinski definition) is 1. The van der Waals surface area contributed by atoms with E-state index in [0.717, 1.165) is 39.7 Å². The monoisotopic (exact) mass is 345 g/mol. The highest BCUT2D eigenvalue weighted by Crippen LogP contribution is 2.50. The highest BCUT2D eigenvalue weighted by molar-refractivity contribution is 5.68. The van der Waals surface area contributed by atoms with E-state index >= 15 is 0 Å². The van der Waals surface area contributed by atoms with E-state index in [9.17, 15) is 0 Å². The van der Waals surface area contributed by atoms with Gasteiger partial charge in [0.2, 0.25) is 11.6 Å². The lowest BCUT2D eigenvalue weighted by atomic mass is 10.0. The third kappa shape index (κ3) is 2.00. The van der Waals surface area contributed by atoms with Crippen LogP contribution in [0.2, 0.25) is 0 Å². The normalized spacial score (nSPS) is 19.9. The molecule has 130 valence electrons. The van der Waals surface area contributed by atoms with Crippen molar-refractivity contribution in [3.63, 3.8) is 0 Å². The van der Waals surface area contributed by atoms with Gasteiger partial charge in [-0.1, -0.05) is 30.3 Å². The van der Waals surface area contributed by atoms with Crippen LogP contribution >= 0.6 is 0 Å². The highest BCUT2D eigenvalue weighted by Gasteiger charge is 2.48. The number of anilines is 1. The van der Waals surface area contributed by atoms with Gasteiger partial charge in [-0.3, -0.25) is 0 Å². The van der Waals surface area contributed by atoms with Gasteiger partial charge in [0.15, 0.2) is 0 Å². The Labute approximate surface area is 151 Å². The Balaban J connectivity index is 1.71. The molecule has 0 aliphatic carbocycles. The van der Waals surface area contributed by atoms with Gasteiger partial charge >= 0.3 is 0 Å². The Morgan fingerprint density at radius 2 is 1.81 bits per heavy atom. The maximum atomic E-state index is 6.47. The van der Waals surface area contributed by atoms with Gasteiger partial charge in [0, 0.05) is 6.08 Å². The fourth-order valence-electron chi connectivity index (χ4n) is 3.76. The molecule has 0 unspecified atom stereocenters. The van der Waals surface area contributed by atoms with Gasteiger partial charge in [-0.15, -0.1) is 0 Å². The van der Waals surface area contributed by atoms with Crippen molar-refractivity contribution in [2.24, 2.45) is 0 Å². The van der Waals surface area contributed by atoms with Crippen LogP contribution < -0.4 is 14.8 Å². The lowest BCUT2D eigenvalue weighted by molar-refractivity contribution is 0.152. The Bertz CT molecular complexity index is 1050. The molecule has 0 bridgehead atoms. The van der Waals surface area contributed by atoms with Crippen molar-refractivity contribution < 1.29 is 9.47 Å². The molecule has 5 nitrogen and oxygen atoms in total. The number of hydrogen-bond acceptors (Lipinski definition) is 4. The fourth-order valence-corrected chi connectivity index (χ4v) is 3.76. The Morgan fingerprint density at radius 1 is 1.00 bits per heavy atom. The summed E-state index contributed by atoms with van der Waals surface area (Å²) in [4.78, 5) is 0. The van der Waals surface area contributed by atoms with E-state index in [2.05, 4.69) is 18.3 Å². The average Bonchev–Trinajstić information content (AvgIpc) is 3.15. The first kappa shape index (κ1) is 15.1. The zero-order valence-electron chi connectivity index (χ0n) is 14.9. The second-order valence-electron chi connectivity index (χ2n) is 6.78. The smallest absolute Gasteiger partial charge is 0.237 e. The number of fused-ring (bicyclic) bond motifs is 3. The molecular weight excluding hydrogens is 326 g/mol. The van der Waals surface area contributed by atoms with Crippen molar-refractivity contribution >= 4 is 5.69 Å². The first-order chi connectivity index (χ1) is 12.6. The maximum Gasteiger partial charge on any atom is 0.237 e. The van der Waals surface area contributed by atoms with Crippen molar-refractivity contribution in [1.29, 1.82) is 0 Å². The lowest BCUT2D eigenvalue weighted by Crippen LogP contribution is -2.38. The fraction of sp³-hybridized carbons (Fsp3) is 0.190. The van der Waals surface area contributed by atoms with E-state index in [0.29, 0.717) is 5.88 Å². The molecule has 2 aliphatic heterocycles. The summed E-state index contributed by atoms with van der Waals surface area (Å²) in [5.74, 6) is 2.33. The number of para-hydroxylation sites is 2. The molecule has 3 heterocycles. The molecular formula is C21H19N3O2. The van der Waals surface area contributed by atoms with Gasteiger partial charge in [0.25, 0.3) is 0 Å². The van der Waals surface area contributed by atoms with E-state index in [1.807, 2.05) is 67.1 Å². The second-order valence-corrected chi connectivity index (χ2v) is 6.78. The van der Waals surface area contributed by atoms with Crippen LogP contribution in [0.3, 0.4) is 0 Å². The van der Waals surface area contributed by atoms with E-state index in [4.69, 9.17) is 14.6 Å². The van der Waals surface area contributed by atoms with Gasteiger partial charge in [-0.05, 0) is 44.5 Å². The van der Waals surface area contributed by atoms with Crippen LogP contribution in [-0.4, -0.2) is 9.78 Å². The Kier molecular flexibility index (Phi) is 2.98. The minimum atomic E-state index is -0.802. The molecule has 5 heteroatoms. The van der Waals surface area contributed by atoms with Crippen LogP contribution in [0.5, 0.6) is 11.6 Å². The zero-order chi connectivity index (χ0) is 17.9. The molecule has 1 aromatic heterocycles. The molecule has 1 atom stereocenters. The summed E-state index contributed by atoms with van der Waals surface area (Å²) in [5, 5.41) is 8.29. The number of aryl methyl sites for hydroxylation is 2. The number of ether oxygens (including phenoxy) is 2. The summed E-state index contributed by atoms with van der Waals surface area (Å²) in [6, 6.07) is 16.1. The average molecular weight is 345 g/mol. The predicted octanol–water partition coefficient (Wildman–Crippen LogP) is 4.44. The molecule has 0 amide bonds.